The number of methoxy groups -OCH3 is 1. The van der Waals surface area contributed by atoms with E-state index in [9.17, 15) is 4.79 Å². The van der Waals surface area contributed by atoms with Gasteiger partial charge in [0, 0.05) is 18.7 Å². The van der Waals surface area contributed by atoms with E-state index in [4.69, 9.17) is 14.2 Å². The molecule has 0 N–H and O–H groups in total. The van der Waals surface area contributed by atoms with Crippen molar-refractivity contribution in [2.45, 2.75) is 13.0 Å². The topological polar surface area (TPSA) is 48.0 Å². The van der Waals surface area contributed by atoms with E-state index in [1.54, 1.807) is 25.3 Å². The van der Waals surface area contributed by atoms with Crippen molar-refractivity contribution in [3.63, 3.8) is 0 Å². The predicted octanol–water partition coefficient (Wildman–Crippen LogP) is 1.61. The van der Waals surface area contributed by atoms with Gasteiger partial charge in [-0.3, -0.25) is 9.69 Å². The number of aldehydes is 1. The number of benzene rings is 1. The lowest BCUT2D eigenvalue weighted by Crippen LogP contribution is -2.44. The molecule has 1 heterocycles. The number of rotatable bonds is 6. The van der Waals surface area contributed by atoms with Crippen LogP contribution in [0.15, 0.2) is 18.2 Å². The SMILES string of the molecule is CCN1CCOC(COc2cc(C=O)ccc2OC)C1. The summed E-state index contributed by atoms with van der Waals surface area (Å²) in [4.78, 5) is 13.1. The Bertz CT molecular complexity index is 449. The standard InChI is InChI=1S/C15H21NO4/c1-3-16-6-7-19-13(9-16)11-20-15-8-12(10-17)4-5-14(15)18-2/h4-5,8,10,13H,3,6-7,9,11H2,1-2H3. The highest BCUT2D eigenvalue weighted by molar-refractivity contribution is 5.76. The highest BCUT2D eigenvalue weighted by Crippen LogP contribution is 2.27. The molecule has 1 aromatic rings. The molecule has 1 saturated heterocycles. The number of ether oxygens (including phenoxy) is 3. The summed E-state index contributed by atoms with van der Waals surface area (Å²) < 4.78 is 16.7. The number of morpholine rings is 1. The van der Waals surface area contributed by atoms with Crippen LogP contribution in [0.2, 0.25) is 0 Å². The first-order chi connectivity index (χ1) is 9.76. The minimum atomic E-state index is 0.0493. The van der Waals surface area contributed by atoms with E-state index in [1.165, 1.54) is 0 Å². The van der Waals surface area contributed by atoms with Crippen molar-refractivity contribution in [2.75, 3.05) is 40.0 Å². The van der Waals surface area contributed by atoms with Gasteiger partial charge in [-0.25, -0.2) is 0 Å². The van der Waals surface area contributed by atoms with Crippen LogP contribution in [0.4, 0.5) is 0 Å². The first-order valence-electron chi connectivity index (χ1n) is 6.86. The lowest BCUT2D eigenvalue weighted by molar-refractivity contribution is -0.0466. The van der Waals surface area contributed by atoms with Crippen molar-refractivity contribution in [1.29, 1.82) is 0 Å². The van der Waals surface area contributed by atoms with E-state index in [0.717, 1.165) is 32.5 Å². The second kappa shape index (κ2) is 7.26. The van der Waals surface area contributed by atoms with Crippen molar-refractivity contribution in [3.05, 3.63) is 23.8 Å². The molecule has 1 unspecified atom stereocenters. The van der Waals surface area contributed by atoms with Gasteiger partial charge in [0.05, 0.1) is 13.7 Å². The van der Waals surface area contributed by atoms with Crippen molar-refractivity contribution in [1.82, 2.24) is 4.90 Å². The van der Waals surface area contributed by atoms with Gasteiger partial charge in [0.1, 0.15) is 19.0 Å². The quantitative estimate of drug-likeness (QED) is 0.740. The van der Waals surface area contributed by atoms with Crippen LogP contribution in [0.1, 0.15) is 17.3 Å². The van der Waals surface area contributed by atoms with Gasteiger partial charge in [-0.1, -0.05) is 6.92 Å². The van der Waals surface area contributed by atoms with Crippen LogP contribution in [0.25, 0.3) is 0 Å². The molecule has 1 fully saturated rings. The minimum absolute atomic E-state index is 0.0493. The number of likely N-dealkylation sites (N-methyl/N-ethyl adjacent to an activating group) is 1. The monoisotopic (exact) mass is 279 g/mol. The number of nitrogens with zero attached hydrogens (tertiary/aromatic N) is 1. The van der Waals surface area contributed by atoms with E-state index in [0.29, 0.717) is 23.7 Å². The van der Waals surface area contributed by atoms with Gasteiger partial charge in [0.25, 0.3) is 0 Å². The molecule has 1 atom stereocenters. The maximum atomic E-state index is 10.8. The van der Waals surface area contributed by atoms with Crippen molar-refractivity contribution in [3.8, 4) is 11.5 Å². The molecule has 0 aliphatic carbocycles. The van der Waals surface area contributed by atoms with E-state index in [-0.39, 0.29) is 6.10 Å². The lowest BCUT2D eigenvalue weighted by Gasteiger charge is -2.31. The van der Waals surface area contributed by atoms with Crippen LogP contribution in [0.5, 0.6) is 11.5 Å². The van der Waals surface area contributed by atoms with Crippen LogP contribution in [0, 0.1) is 0 Å². The Morgan fingerprint density at radius 1 is 1.45 bits per heavy atom. The Hall–Kier alpha value is -1.59. The zero-order valence-electron chi connectivity index (χ0n) is 12.0. The molecule has 5 nitrogen and oxygen atoms in total. The molecule has 0 bridgehead atoms. The van der Waals surface area contributed by atoms with Gasteiger partial charge in [-0.15, -0.1) is 0 Å². The average molecular weight is 279 g/mol. The summed E-state index contributed by atoms with van der Waals surface area (Å²) in [6, 6.07) is 5.13. The third-order valence-corrected chi connectivity index (χ3v) is 3.42. The van der Waals surface area contributed by atoms with Gasteiger partial charge in [-0.2, -0.15) is 0 Å². The van der Waals surface area contributed by atoms with E-state index >= 15 is 0 Å². The summed E-state index contributed by atoms with van der Waals surface area (Å²) in [5.41, 5.74) is 0.570. The van der Waals surface area contributed by atoms with Crippen molar-refractivity contribution < 1.29 is 19.0 Å². The fourth-order valence-electron chi connectivity index (χ4n) is 2.23. The van der Waals surface area contributed by atoms with E-state index in [1.807, 2.05) is 0 Å². The smallest absolute Gasteiger partial charge is 0.162 e. The number of carbonyl (C=O) groups excluding carboxylic acids is 1. The van der Waals surface area contributed by atoms with Crippen LogP contribution in [-0.2, 0) is 4.74 Å². The Morgan fingerprint density at radius 2 is 2.30 bits per heavy atom. The molecular weight excluding hydrogens is 258 g/mol. The maximum absolute atomic E-state index is 10.8. The molecule has 0 aromatic heterocycles. The Kier molecular flexibility index (Phi) is 5.38. The molecule has 5 heteroatoms. The van der Waals surface area contributed by atoms with Gasteiger partial charge in [0.15, 0.2) is 11.5 Å². The first kappa shape index (κ1) is 14.8. The number of carbonyl (C=O) groups is 1. The predicted molar refractivity (Wildman–Crippen MR) is 75.7 cm³/mol. The summed E-state index contributed by atoms with van der Waals surface area (Å²) in [5, 5.41) is 0. The van der Waals surface area contributed by atoms with E-state index in [2.05, 4.69) is 11.8 Å². The molecule has 0 amide bonds. The molecule has 0 radical (unpaired) electrons. The summed E-state index contributed by atoms with van der Waals surface area (Å²) in [6.07, 6.45) is 0.843. The molecule has 1 aliphatic rings. The summed E-state index contributed by atoms with van der Waals surface area (Å²) >= 11 is 0. The second-order valence-electron chi connectivity index (χ2n) is 4.73. The molecule has 0 spiro atoms. The molecule has 20 heavy (non-hydrogen) atoms. The third kappa shape index (κ3) is 3.71. The second-order valence-corrected chi connectivity index (χ2v) is 4.73. The zero-order chi connectivity index (χ0) is 14.4. The highest BCUT2D eigenvalue weighted by Gasteiger charge is 2.20. The van der Waals surface area contributed by atoms with Crippen molar-refractivity contribution in [2.24, 2.45) is 0 Å². The molecule has 2 rings (SSSR count). The Balaban J connectivity index is 1.97. The highest BCUT2D eigenvalue weighted by atomic mass is 16.5. The molecular formula is C15H21NO4. The molecule has 110 valence electrons. The number of hydrogen-bond acceptors (Lipinski definition) is 5. The van der Waals surface area contributed by atoms with Crippen LogP contribution in [0.3, 0.4) is 0 Å². The summed E-state index contributed by atoms with van der Waals surface area (Å²) in [5.74, 6) is 1.20. The largest absolute Gasteiger partial charge is 0.493 e. The van der Waals surface area contributed by atoms with Gasteiger partial charge >= 0.3 is 0 Å². The maximum Gasteiger partial charge on any atom is 0.162 e. The van der Waals surface area contributed by atoms with Crippen molar-refractivity contribution >= 4 is 6.29 Å². The zero-order valence-corrected chi connectivity index (χ0v) is 12.0. The van der Waals surface area contributed by atoms with Crippen LogP contribution >= 0.6 is 0 Å². The van der Waals surface area contributed by atoms with E-state index < -0.39 is 0 Å². The number of hydrogen-bond donors (Lipinski definition) is 0. The Morgan fingerprint density at radius 3 is 3.00 bits per heavy atom. The lowest BCUT2D eigenvalue weighted by atomic mass is 10.2. The van der Waals surface area contributed by atoms with Gasteiger partial charge in [-0.05, 0) is 24.7 Å². The van der Waals surface area contributed by atoms with Crippen LogP contribution in [-0.4, -0.2) is 57.2 Å². The van der Waals surface area contributed by atoms with Gasteiger partial charge in [0.2, 0.25) is 0 Å². The fourth-order valence-corrected chi connectivity index (χ4v) is 2.23. The Labute approximate surface area is 119 Å². The average Bonchev–Trinajstić information content (AvgIpc) is 2.52. The molecule has 0 saturated carbocycles. The molecule has 1 aliphatic heterocycles. The fraction of sp³-hybridized carbons (Fsp3) is 0.533. The van der Waals surface area contributed by atoms with Gasteiger partial charge < -0.3 is 14.2 Å². The normalized spacial score (nSPS) is 19.6. The van der Waals surface area contributed by atoms with Crippen LogP contribution < -0.4 is 9.47 Å². The summed E-state index contributed by atoms with van der Waals surface area (Å²) in [7, 11) is 1.58. The molecule has 1 aromatic carbocycles. The summed E-state index contributed by atoms with van der Waals surface area (Å²) in [6.45, 7) is 6.18. The third-order valence-electron chi connectivity index (χ3n) is 3.42. The first-order valence-corrected chi connectivity index (χ1v) is 6.86. The minimum Gasteiger partial charge on any atom is -0.493 e.